The van der Waals surface area contributed by atoms with Crippen molar-refractivity contribution in [2.24, 2.45) is 0 Å². The predicted molar refractivity (Wildman–Crippen MR) is 77.9 cm³/mol. The smallest absolute Gasteiger partial charge is 0.119 e. The van der Waals surface area contributed by atoms with Gasteiger partial charge in [-0.3, -0.25) is 0 Å². The van der Waals surface area contributed by atoms with E-state index in [4.69, 9.17) is 19.1 Å². The summed E-state index contributed by atoms with van der Waals surface area (Å²) in [6, 6.07) is 3.51. The van der Waals surface area contributed by atoms with Gasteiger partial charge in [0.05, 0.1) is 6.61 Å². The van der Waals surface area contributed by atoms with Gasteiger partial charge in [0.15, 0.2) is 0 Å². The molecule has 0 aliphatic heterocycles. The molecule has 1 aromatic carbocycles. The lowest BCUT2D eigenvalue weighted by molar-refractivity contribution is 0.0643. The Morgan fingerprint density at radius 3 is 2.55 bits per heavy atom. The first-order valence-corrected chi connectivity index (χ1v) is 6.14. The van der Waals surface area contributed by atoms with E-state index >= 15 is 0 Å². The van der Waals surface area contributed by atoms with Gasteiger partial charge in [-0.2, -0.15) is 0 Å². The van der Waals surface area contributed by atoms with E-state index in [-0.39, 0.29) is 13.2 Å². The van der Waals surface area contributed by atoms with Crippen molar-refractivity contribution in [2.75, 3.05) is 26.9 Å². The Morgan fingerprint density at radius 1 is 1.25 bits per heavy atom. The highest BCUT2D eigenvalue weighted by Crippen LogP contribution is 2.18. The third-order valence-electron chi connectivity index (χ3n) is 2.55. The van der Waals surface area contributed by atoms with Crippen LogP contribution in [0, 0.1) is 0 Å². The molecule has 2 unspecified atom stereocenters. The van der Waals surface area contributed by atoms with E-state index in [1.54, 1.807) is 24.3 Å². The minimum absolute atomic E-state index is 0.145. The Labute approximate surface area is 130 Å². The number of aliphatic hydroxyl groups excluding tert-OH is 2. The zero-order chi connectivity index (χ0) is 20.9. The van der Waals surface area contributed by atoms with Crippen LogP contribution in [0.5, 0.6) is 5.75 Å². The van der Waals surface area contributed by atoms with E-state index in [9.17, 15) is 10.2 Å². The molecule has 0 saturated carbocycles. The topological polar surface area (TPSA) is 71.0 Å². The number of hydrogen-bond donors (Lipinski definition) is 3. The Balaban J connectivity index is 2.59. The lowest BCUT2D eigenvalue weighted by Crippen LogP contribution is -2.35. The molecule has 1 aromatic rings. The van der Waals surface area contributed by atoms with Crippen LogP contribution in [0.1, 0.15) is 35.0 Å². The second kappa shape index (κ2) is 8.92. The van der Waals surface area contributed by atoms with Crippen LogP contribution in [-0.2, 0) is 4.74 Å². The van der Waals surface area contributed by atoms with Crippen LogP contribution >= 0.6 is 0 Å². The van der Waals surface area contributed by atoms with Crippen LogP contribution in [0.4, 0.5) is 0 Å². The molecule has 0 bridgehead atoms. The van der Waals surface area contributed by atoms with Crippen LogP contribution in [0.3, 0.4) is 0 Å². The lowest BCUT2D eigenvalue weighted by Gasteiger charge is -2.15. The van der Waals surface area contributed by atoms with Crippen LogP contribution in [0.2, 0.25) is 0 Å². The first kappa shape index (κ1) is 9.00. The van der Waals surface area contributed by atoms with Crippen LogP contribution in [-0.4, -0.2) is 49.2 Å². The molecule has 114 valence electrons. The Kier molecular flexibility index (Phi) is 4.01. The van der Waals surface area contributed by atoms with Crippen molar-refractivity contribution in [3.8, 4) is 5.75 Å². The lowest BCUT2D eigenvalue weighted by atomic mass is 10.1. The molecule has 0 spiro atoms. The van der Waals surface area contributed by atoms with Crippen LogP contribution < -0.4 is 10.1 Å². The summed E-state index contributed by atoms with van der Waals surface area (Å²) in [5.41, 5.74) is 0.626. The fourth-order valence-corrected chi connectivity index (χ4v) is 1.51. The third-order valence-corrected chi connectivity index (χ3v) is 2.55. The second-order valence-corrected chi connectivity index (χ2v) is 4.26. The summed E-state index contributed by atoms with van der Waals surface area (Å²) < 4.78 is 61.7. The van der Waals surface area contributed by atoms with Gasteiger partial charge in [-0.1, -0.05) is 25.8 Å². The SMILES string of the molecule is [2H]C([2H])([2H])C([2H])(NCC(O)COc1ccc(C(O)COC)cc1)C([2H])([2H])[2H]. The summed E-state index contributed by atoms with van der Waals surface area (Å²) in [7, 11) is 1.47. The second-order valence-electron chi connectivity index (χ2n) is 4.26. The minimum Gasteiger partial charge on any atom is -0.491 e. The monoisotopic (exact) mass is 290 g/mol. The molecule has 0 radical (unpaired) electrons. The highest BCUT2D eigenvalue weighted by molar-refractivity contribution is 5.28. The van der Waals surface area contributed by atoms with Gasteiger partial charge in [0.1, 0.15) is 24.6 Å². The molecule has 0 aliphatic carbocycles. The van der Waals surface area contributed by atoms with Gasteiger partial charge < -0.3 is 25.0 Å². The zero-order valence-electron chi connectivity index (χ0n) is 18.3. The number of benzene rings is 1. The van der Waals surface area contributed by atoms with Gasteiger partial charge >= 0.3 is 0 Å². The van der Waals surface area contributed by atoms with Crippen molar-refractivity contribution < 1.29 is 29.3 Å². The maximum absolute atomic E-state index is 9.92. The van der Waals surface area contributed by atoms with E-state index in [0.29, 0.717) is 11.3 Å². The summed E-state index contributed by atoms with van der Waals surface area (Å²) in [5.74, 6) is 0.395. The average molecular weight is 290 g/mol. The van der Waals surface area contributed by atoms with E-state index in [2.05, 4.69) is 5.32 Å². The molecule has 3 N–H and O–H groups in total. The molecule has 0 amide bonds. The Bertz CT molecular complexity index is 563. The number of hydrogen-bond acceptors (Lipinski definition) is 5. The Hall–Kier alpha value is -1.14. The first-order chi connectivity index (χ1) is 12.3. The van der Waals surface area contributed by atoms with Crippen molar-refractivity contribution in [3.05, 3.63) is 29.8 Å². The number of nitrogens with one attached hydrogen (secondary N) is 1. The molecule has 0 saturated heterocycles. The van der Waals surface area contributed by atoms with E-state index in [1.165, 1.54) is 7.11 Å². The molecule has 0 aliphatic rings. The van der Waals surface area contributed by atoms with Crippen molar-refractivity contribution in [2.45, 2.75) is 31.9 Å². The molecular formula is C15H25NO4. The molecule has 0 heterocycles. The van der Waals surface area contributed by atoms with Gasteiger partial charge in [-0.25, -0.2) is 0 Å². The molecule has 0 aromatic heterocycles. The van der Waals surface area contributed by atoms with Gasteiger partial charge in [0, 0.05) is 29.3 Å². The van der Waals surface area contributed by atoms with Gasteiger partial charge in [0.2, 0.25) is 0 Å². The highest BCUT2D eigenvalue weighted by atomic mass is 16.5. The van der Waals surface area contributed by atoms with E-state index in [1.807, 2.05) is 0 Å². The maximum atomic E-state index is 9.92. The van der Waals surface area contributed by atoms with Crippen molar-refractivity contribution in [1.29, 1.82) is 0 Å². The summed E-state index contributed by atoms with van der Waals surface area (Å²) in [6.07, 6.45) is -2.01. The molecule has 20 heavy (non-hydrogen) atoms. The van der Waals surface area contributed by atoms with Crippen LogP contribution in [0.15, 0.2) is 24.3 Å². The largest absolute Gasteiger partial charge is 0.491 e. The molecule has 5 heteroatoms. The van der Waals surface area contributed by atoms with E-state index < -0.39 is 38.5 Å². The summed E-state index contributed by atoms with van der Waals surface area (Å²) >= 11 is 0. The van der Waals surface area contributed by atoms with Crippen molar-refractivity contribution in [1.82, 2.24) is 5.32 Å². The first-order valence-electron chi connectivity index (χ1n) is 9.64. The molecule has 5 nitrogen and oxygen atoms in total. The fraction of sp³-hybridized carbons (Fsp3) is 0.600. The summed E-state index contributed by atoms with van der Waals surface area (Å²) in [5, 5.41) is 21.8. The fourth-order valence-electron chi connectivity index (χ4n) is 1.51. The number of rotatable bonds is 9. The average Bonchev–Trinajstić information content (AvgIpc) is 2.56. The van der Waals surface area contributed by atoms with Gasteiger partial charge in [-0.05, 0) is 17.7 Å². The van der Waals surface area contributed by atoms with Gasteiger partial charge in [0.25, 0.3) is 0 Å². The maximum Gasteiger partial charge on any atom is 0.119 e. The predicted octanol–water partition coefficient (Wildman–Crippen LogP) is 1.10. The standard InChI is InChI=1S/C15H25NO4/c1-11(2)16-8-13(17)9-20-14-6-4-12(5-7-14)15(18)10-19-3/h4-7,11,13,15-18H,8-10H2,1-3H3/i1D3,2D3,11D. The minimum atomic E-state index is -3.11. The molecular weight excluding hydrogens is 258 g/mol. The number of methoxy groups -OCH3 is 1. The normalized spacial score (nSPS) is 21.2. The number of aliphatic hydroxyl groups is 2. The van der Waals surface area contributed by atoms with Crippen molar-refractivity contribution >= 4 is 0 Å². The molecule has 1 rings (SSSR count). The molecule has 2 atom stereocenters. The quantitative estimate of drug-likeness (QED) is 0.635. The summed E-state index contributed by atoms with van der Waals surface area (Å²) in [4.78, 5) is 0. The zero-order valence-corrected chi connectivity index (χ0v) is 11.3. The molecule has 0 fully saturated rings. The highest BCUT2D eigenvalue weighted by Gasteiger charge is 2.08. The van der Waals surface area contributed by atoms with Crippen molar-refractivity contribution in [3.63, 3.8) is 0 Å². The van der Waals surface area contributed by atoms with E-state index in [0.717, 1.165) is 0 Å². The third kappa shape index (κ3) is 6.34. The Morgan fingerprint density at radius 2 is 1.95 bits per heavy atom. The van der Waals surface area contributed by atoms with Gasteiger partial charge in [-0.15, -0.1) is 0 Å². The summed E-state index contributed by atoms with van der Waals surface area (Å²) in [6.45, 7) is -6.78. The number of ether oxygens (including phenoxy) is 2. The van der Waals surface area contributed by atoms with Crippen LogP contribution in [0.25, 0.3) is 0 Å².